The number of fused-ring (bicyclic) bond motifs is 2. The van der Waals surface area contributed by atoms with Gasteiger partial charge in [-0.3, -0.25) is 9.71 Å². The highest BCUT2D eigenvalue weighted by atomic mass is 35.5. The van der Waals surface area contributed by atoms with Gasteiger partial charge in [0.15, 0.2) is 11.4 Å². The largest absolute Gasteiger partial charge is 0.354 e. The zero-order valence-electron chi connectivity index (χ0n) is 12.1. The van der Waals surface area contributed by atoms with Gasteiger partial charge in [-0.15, -0.1) is 0 Å². The Hall–Kier alpha value is -2.64. The number of nitrogens with one attached hydrogen (secondary N) is 1. The van der Waals surface area contributed by atoms with E-state index in [-0.39, 0.29) is 10.7 Å². The van der Waals surface area contributed by atoms with Crippen molar-refractivity contribution < 1.29 is 12.9 Å². The van der Waals surface area contributed by atoms with Gasteiger partial charge < -0.3 is 4.52 Å². The summed E-state index contributed by atoms with van der Waals surface area (Å²) in [6.07, 6.45) is 1.55. The van der Waals surface area contributed by atoms with Crippen molar-refractivity contribution in [2.45, 2.75) is 4.90 Å². The van der Waals surface area contributed by atoms with Crippen LogP contribution in [0.1, 0.15) is 0 Å². The zero-order valence-corrected chi connectivity index (χ0v) is 13.7. The van der Waals surface area contributed by atoms with Gasteiger partial charge in [-0.25, -0.2) is 8.42 Å². The minimum absolute atomic E-state index is 0.0449. The van der Waals surface area contributed by atoms with Crippen LogP contribution in [0.3, 0.4) is 0 Å². The summed E-state index contributed by atoms with van der Waals surface area (Å²) in [4.78, 5) is 4.23. The summed E-state index contributed by atoms with van der Waals surface area (Å²) in [6, 6.07) is 13.5. The summed E-state index contributed by atoms with van der Waals surface area (Å²) in [5, 5.41) is 5.26. The van der Waals surface area contributed by atoms with Crippen LogP contribution in [0, 0.1) is 0 Å². The first kappa shape index (κ1) is 14.9. The SMILES string of the molecule is O=S(=O)(Nc1noc2cccc(Cl)c12)c1cccc2cccnc12. The second-order valence-electron chi connectivity index (χ2n) is 5.08. The van der Waals surface area contributed by atoms with E-state index in [4.69, 9.17) is 16.1 Å². The maximum Gasteiger partial charge on any atom is 0.265 e. The van der Waals surface area contributed by atoms with Gasteiger partial charge in [-0.2, -0.15) is 0 Å². The summed E-state index contributed by atoms with van der Waals surface area (Å²) < 4.78 is 33.1. The van der Waals surface area contributed by atoms with Crippen LogP contribution in [-0.4, -0.2) is 18.6 Å². The maximum absolute atomic E-state index is 12.8. The number of pyridine rings is 1. The van der Waals surface area contributed by atoms with Crippen molar-refractivity contribution in [3.63, 3.8) is 0 Å². The van der Waals surface area contributed by atoms with Crippen LogP contribution in [-0.2, 0) is 10.0 Å². The van der Waals surface area contributed by atoms with Gasteiger partial charge in [0.2, 0.25) is 0 Å². The highest BCUT2D eigenvalue weighted by molar-refractivity contribution is 7.93. The first-order chi connectivity index (χ1) is 11.6. The molecule has 4 rings (SSSR count). The van der Waals surface area contributed by atoms with Crippen LogP contribution in [0.5, 0.6) is 0 Å². The van der Waals surface area contributed by atoms with E-state index < -0.39 is 10.0 Å². The van der Waals surface area contributed by atoms with E-state index in [9.17, 15) is 8.42 Å². The van der Waals surface area contributed by atoms with Crippen molar-refractivity contribution in [1.29, 1.82) is 0 Å². The average molecular weight is 360 g/mol. The summed E-state index contributed by atoms with van der Waals surface area (Å²) in [5.74, 6) is 0.0449. The molecule has 120 valence electrons. The van der Waals surface area contributed by atoms with Gasteiger partial charge in [0, 0.05) is 11.6 Å². The molecule has 0 unspecified atom stereocenters. The molecule has 24 heavy (non-hydrogen) atoms. The normalized spacial score (nSPS) is 11.9. The number of hydrogen-bond acceptors (Lipinski definition) is 5. The molecule has 0 atom stereocenters. The van der Waals surface area contributed by atoms with Crippen molar-refractivity contribution in [3.8, 4) is 0 Å². The van der Waals surface area contributed by atoms with Gasteiger partial charge in [0.05, 0.1) is 15.9 Å². The smallest absolute Gasteiger partial charge is 0.265 e. The lowest BCUT2D eigenvalue weighted by atomic mass is 10.2. The van der Waals surface area contributed by atoms with Gasteiger partial charge in [0.25, 0.3) is 10.0 Å². The molecule has 0 fully saturated rings. The molecule has 0 aliphatic heterocycles. The van der Waals surface area contributed by atoms with Crippen molar-refractivity contribution in [1.82, 2.24) is 10.1 Å². The number of nitrogens with zero attached hydrogens (tertiary/aromatic N) is 2. The van der Waals surface area contributed by atoms with Crippen molar-refractivity contribution >= 4 is 49.3 Å². The summed E-state index contributed by atoms with van der Waals surface area (Å²) in [5.41, 5.74) is 0.780. The van der Waals surface area contributed by atoms with Gasteiger partial charge in [-0.1, -0.05) is 41.0 Å². The number of para-hydroxylation sites is 1. The number of halogens is 1. The Balaban J connectivity index is 1.86. The van der Waals surface area contributed by atoms with Crippen LogP contribution in [0.15, 0.2) is 64.1 Å². The minimum Gasteiger partial charge on any atom is -0.354 e. The highest BCUT2D eigenvalue weighted by Gasteiger charge is 2.22. The van der Waals surface area contributed by atoms with Crippen LogP contribution in [0.4, 0.5) is 5.82 Å². The second kappa shape index (κ2) is 5.47. The van der Waals surface area contributed by atoms with Gasteiger partial charge in [-0.05, 0) is 24.3 Å². The fraction of sp³-hybridized carbons (Fsp3) is 0. The van der Waals surface area contributed by atoms with E-state index in [0.717, 1.165) is 5.39 Å². The van der Waals surface area contributed by atoms with E-state index >= 15 is 0 Å². The molecular weight excluding hydrogens is 350 g/mol. The van der Waals surface area contributed by atoms with E-state index in [1.807, 2.05) is 0 Å². The molecule has 0 radical (unpaired) electrons. The molecule has 2 heterocycles. The topological polar surface area (TPSA) is 85.1 Å². The molecule has 0 amide bonds. The third-order valence-electron chi connectivity index (χ3n) is 3.56. The second-order valence-corrected chi connectivity index (χ2v) is 7.14. The van der Waals surface area contributed by atoms with Crippen LogP contribution in [0.2, 0.25) is 5.02 Å². The molecule has 0 saturated carbocycles. The lowest BCUT2D eigenvalue weighted by molar-refractivity contribution is 0.460. The predicted octanol–water partition coefficient (Wildman–Crippen LogP) is 3.83. The Morgan fingerprint density at radius 2 is 1.83 bits per heavy atom. The quantitative estimate of drug-likeness (QED) is 0.600. The molecule has 0 bridgehead atoms. The molecule has 8 heteroatoms. The van der Waals surface area contributed by atoms with Crippen molar-refractivity contribution in [2.24, 2.45) is 0 Å². The molecule has 2 aromatic carbocycles. The number of hydrogen-bond donors (Lipinski definition) is 1. The molecule has 6 nitrogen and oxygen atoms in total. The first-order valence-corrected chi connectivity index (χ1v) is 8.83. The van der Waals surface area contributed by atoms with E-state index in [2.05, 4.69) is 14.9 Å². The molecular formula is C16H10ClN3O3S. The summed E-state index contributed by atoms with van der Waals surface area (Å²) in [6.45, 7) is 0. The Bertz CT molecular complexity index is 1170. The minimum atomic E-state index is -3.91. The lowest BCUT2D eigenvalue weighted by Crippen LogP contribution is -2.14. The lowest BCUT2D eigenvalue weighted by Gasteiger charge is -2.08. The van der Waals surface area contributed by atoms with Crippen molar-refractivity contribution in [2.75, 3.05) is 4.72 Å². The third-order valence-corrected chi connectivity index (χ3v) is 5.25. The number of sulfonamides is 1. The fourth-order valence-corrected chi connectivity index (χ4v) is 3.94. The third kappa shape index (κ3) is 2.38. The number of aromatic nitrogens is 2. The number of anilines is 1. The maximum atomic E-state index is 12.8. The number of rotatable bonds is 3. The Morgan fingerprint density at radius 3 is 2.71 bits per heavy atom. The van der Waals surface area contributed by atoms with E-state index in [0.29, 0.717) is 21.5 Å². The zero-order chi connectivity index (χ0) is 16.7. The van der Waals surface area contributed by atoms with Crippen LogP contribution < -0.4 is 4.72 Å². The Labute approximate surface area is 142 Å². The molecule has 0 spiro atoms. The van der Waals surface area contributed by atoms with Gasteiger partial charge >= 0.3 is 0 Å². The Kier molecular flexibility index (Phi) is 3.40. The number of benzene rings is 2. The molecule has 0 saturated heterocycles. The van der Waals surface area contributed by atoms with Crippen molar-refractivity contribution in [3.05, 3.63) is 59.8 Å². The Morgan fingerprint density at radius 1 is 1.04 bits per heavy atom. The molecule has 0 aliphatic carbocycles. The van der Waals surface area contributed by atoms with E-state index in [1.54, 1.807) is 48.7 Å². The standard InChI is InChI=1S/C16H10ClN3O3S/c17-11-6-2-7-12-14(11)16(19-23-12)20-24(21,22)13-8-1-4-10-5-3-9-18-15(10)13/h1-9H,(H,19,20). The summed E-state index contributed by atoms with van der Waals surface area (Å²) >= 11 is 6.13. The van der Waals surface area contributed by atoms with E-state index in [1.165, 1.54) is 6.07 Å². The monoisotopic (exact) mass is 359 g/mol. The molecule has 2 aromatic heterocycles. The fourth-order valence-electron chi connectivity index (χ4n) is 2.50. The van der Waals surface area contributed by atoms with Crippen LogP contribution >= 0.6 is 11.6 Å². The highest BCUT2D eigenvalue weighted by Crippen LogP contribution is 2.32. The molecule has 4 aromatic rings. The summed E-state index contributed by atoms with van der Waals surface area (Å²) in [7, 11) is -3.91. The molecule has 0 aliphatic rings. The van der Waals surface area contributed by atoms with Crippen LogP contribution in [0.25, 0.3) is 21.9 Å². The first-order valence-electron chi connectivity index (χ1n) is 6.97. The van der Waals surface area contributed by atoms with Gasteiger partial charge in [0.1, 0.15) is 4.90 Å². The average Bonchev–Trinajstić information content (AvgIpc) is 2.98. The predicted molar refractivity (Wildman–Crippen MR) is 91.6 cm³/mol. The molecule has 1 N–H and O–H groups in total.